The van der Waals surface area contributed by atoms with Crippen molar-refractivity contribution in [1.82, 2.24) is 4.98 Å². The number of carboxylic acid groups (broad SMARTS) is 1. The normalized spacial score (nSPS) is 10.2. The van der Waals surface area contributed by atoms with Gasteiger partial charge in [-0.15, -0.1) is 0 Å². The molecule has 98 valence electrons. The summed E-state index contributed by atoms with van der Waals surface area (Å²) in [6, 6.07) is 7.39. The van der Waals surface area contributed by atoms with Crippen LogP contribution in [0.2, 0.25) is 0 Å². The summed E-state index contributed by atoms with van der Waals surface area (Å²) in [5, 5.41) is 8.83. The maximum absolute atomic E-state index is 13.4. The van der Waals surface area contributed by atoms with E-state index in [2.05, 4.69) is 4.98 Å². The van der Waals surface area contributed by atoms with Gasteiger partial charge >= 0.3 is 5.97 Å². The van der Waals surface area contributed by atoms with Crippen LogP contribution >= 0.6 is 0 Å². The van der Waals surface area contributed by atoms with E-state index in [1.54, 1.807) is 18.2 Å². The first kappa shape index (κ1) is 12.8. The minimum absolute atomic E-state index is 0.0438. The highest BCUT2D eigenvalue weighted by atomic mass is 19.1. The molecule has 0 unspecified atom stereocenters. The van der Waals surface area contributed by atoms with Crippen LogP contribution in [0.3, 0.4) is 0 Å². The Morgan fingerprint density at radius 1 is 1.42 bits per heavy atom. The number of nitrogens with two attached hydrogens (primary N) is 1. The Labute approximate surface area is 108 Å². The van der Waals surface area contributed by atoms with E-state index in [1.165, 1.54) is 12.1 Å². The monoisotopic (exact) mass is 262 g/mol. The number of benzene rings is 1. The Morgan fingerprint density at radius 3 is 2.84 bits per heavy atom. The average molecular weight is 262 g/mol. The third-order valence-corrected chi connectivity index (χ3v) is 2.47. The van der Waals surface area contributed by atoms with Crippen molar-refractivity contribution in [3.05, 3.63) is 53.5 Å². The molecule has 5 nitrogen and oxygen atoms in total. The summed E-state index contributed by atoms with van der Waals surface area (Å²) in [6.07, 6.45) is 1.13. The summed E-state index contributed by atoms with van der Waals surface area (Å²) in [6.45, 7) is -0.0539. The molecule has 19 heavy (non-hydrogen) atoms. The number of aromatic nitrogens is 1. The first-order valence-corrected chi connectivity index (χ1v) is 5.43. The number of halogens is 1. The van der Waals surface area contributed by atoms with Crippen molar-refractivity contribution in [3.63, 3.8) is 0 Å². The number of hydrogen-bond acceptors (Lipinski definition) is 4. The molecule has 0 bridgehead atoms. The van der Waals surface area contributed by atoms with Crippen LogP contribution in [0.15, 0.2) is 36.5 Å². The van der Waals surface area contributed by atoms with Gasteiger partial charge in [-0.2, -0.15) is 0 Å². The van der Waals surface area contributed by atoms with E-state index in [-0.39, 0.29) is 23.7 Å². The number of nitrogen functional groups attached to an aromatic ring is 1. The van der Waals surface area contributed by atoms with Crippen LogP contribution in [0.4, 0.5) is 10.2 Å². The van der Waals surface area contributed by atoms with E-state index in [4.69, 9.17) is 15.6 Å². The fourth-order valence-electron chi connectivity index (χ4n) is 1.46. The molecule has 2 aromatic rings. The second-order valence-corrected chi connectivity index (χ2v) is 3.79. The zero-order valence-electron chi connectivity index (χ0n) is 9.84. The number of pyridine rings is 1. The van der Waals surface area contributed by atoms with Crippen molar-refractivity contribution in [2.45, 2.75) is 6.61 Å². The predicted octanol–water partition coefficient (Wildman–Crippen LogP) is 2.08. The fraction of sp³-hybridized carbons (Fsp3) is 0.0769. The number of nitrogens with zero attached hydrogens (tertiary/aromatic N) is 1. The molecule has 1 heterocycles. The summed E-state index contributed by atoms with van der Waals surface area (Å²) >= 11 is 0. The molecular weight excluding hydrogens is 251 g/mol. The Kier molecular flexibility index (Phi) is 3.61. The quantitative estimate of drug-likeness (QED) is 0.881. The standard InChI is InChI=1S/C13H11FN2O3/c14-10-4-2-1-3-8(10)7-19-11-5-9(13(17)18)6-16-12(11)15/h1-6H,7H2,(H2,15,16)(H,17,18). The molecule has 0 amide bonds. The maximum Gasteiger partial charge on any atom is 0.337 e. The molecule has 6 heteroatoms. The topological polar surface area (TPSA) is 85.4 Å². The van der Waals surface area contributed by atoms with E-state index >= 15 is 0 Å². The number of aromatic carboxylic acids is 1. The van der Waals surface area contributed by atoms with Crippen molar-refractivity contribution in [2.75, 3.05) is 5.73 Å². The molecule has 0 saturated carbocycles. The molecule has 0 spiro atoms. The third-order valence-electron chi connectivity index (χ3n) is 2.47. The van der Waals surface area contributed by atoms with Crippen LogP contribution in [-0.4, -0.2) is 16.1 Å². The first-order chi connectivity index (χ1) is 9.08. The van der Waals surface area contributed by atoms with Crippen molar-refractivity contribution >= 4 is 11.8 Å². The van der Waals surface area contributed by atoms with Gasteiger partial charge in [0.2, 0.25) is 0 Å². The lowest BCUT2D eigenvalue weighted by Gasteiger charge is -2.09. The Morgan fingerprint density at radius 2 is 2.16 bits per heavy atom. The molecule has 0 atom stereocenters. The molecule has 2 rings (SSSR count). The second kappa shape index (κ2) is 5.34. The Balaban J connectivity index is 2.17. The van der Waals surface area contributed by atoms with Crippen molar-refractivity contribution in [2.24, 2.45) is 0 Å². The smallest absolute Gasteiger partial charge is 0.337 e. The molecule has 0 aliphatic carbocycles. The van der Waals surface area contributed by atoms with E-state index < -0.39 is 11.8 Å². The van der Waals surface area contributed by atoms with Crippen molar-refractivity contribution in [1.29, 1.82) is 0 Å². The van der Waals surface area contributed by atoms with Crippen LogP contribution in [0.25, 0.3) is 0 Å². The SMILES string of the molecule is Nc1ncc(C(=O)O)cc1OCc1ccccc1F. The number of carbonyl (C=O) groups is 1. The number of ether oxygens (including phenoxy) is 1. The van der Waals surface area contributed by atoms with Crippen molar-refractivity contribution < 1.29 is 19.0 Å². The molecule has 1 aromatic heterocycles. The summed E-state index contributed by atoms with van der Waals surface area (Å²) in [4.78, 5) is 14.5. The maximum atomic E-state index is 13.4. The van der Waals surface area contributed by atoms with Gasteiger partial charge in [-0.1, -0.05) is 18.2 Å². The van der Waals surface area contributed by atoms with Crippen LogP contribution < -0.4 is 10.5 Å². The first-order valence-electron chi connectivity index (χ1n) is 5.43. The van der Waals surface area contributed by atoms with Gasteiger partial charge in [0.1, 0.15) is 12.4 Å². The summed E-state index contributed by atoms with van der Waals surface area (Å²) in [5.74, 6) is -1.36. The zero-order valence-corrected chi connectivity index (χ0v) is 9.84. The van der Waals surface area contributed by atoms with Crippen LogP contribution in [0.5, 0.6) is 5.75 Å². The van der Waals surface area contributed by atoms with Crippen LogP contribution in [-0.2, 0) is 6.61 Å². The number of carboxylic acids is 1. The number of hydrogen-bond donors (Lipinski definition) is 2. The molecule has 0 radical (unpaired) electrons. The van der Waals surface area contributed by atoms with E-state index in [0.29, 0.717) is 5.56 Å². The summed E-state index contributed by atoms with van der Waals surface area (Å²) < 4.78 is 18.7. The minimum Gasteiger partial charge on any atom is -0.485 e. The van der Waals surface area contributed by atoms with Gasteiger partial charge in [-0.05, 0) is 6.07 Å². The highest BCUT2D eigenvalue weighted by molar-refractivity contribution is 5.88. The fourth-order valence-corrected chi connectivity index (χ4v) is 1.46. The van der Waals surface area contributed by atoms with E-state index in [9.17, 15) is 9.18 Å². The molecule has 0 aliphatic heterocycles. The Hall–Kier alpha value is -2.63. The minimum atomic E-state index is -1.14. The highest BCUT2D eigenvalue weighted by Gasteiger charge is 2.10. The molecule has 0 fully saturated rings. The van der Waals surface area contributed by atoms with Gasteiger partial charge < -0.3 is 15.6 Å². The van der Waals surface area contributed by atoms with Gasteiger partial charge in [0.15, 0.2) is 11.6 Å². The molecular formula is C13H11FN2O3. The van der Waals surface area contributed by atoms with Gasteiger partial charge in [-0.3, -0.25) is 0 Å². The predicted molar refractivity (Wildman–Crippen MR) is 66.3 cm³/mol. The lowest BCUT2D eigenvalue weighted by Crippen LogP contribution is -2.05. The average Bonchev–Trinajstić information content (AvgIpc) is 2.39. The molecule has 3 N–H and O–H groups in total. The second-order valence-electron chi connectivity index (χ2n) is 3.79. The van der Waals surface area contributed by atoms with Gasteiger partial charge in [0, 0.05) is 17.8 Å². The molecule has 0 aliphatic rings. The summed E-state index contributed by atoms with van der Waals surface area (Å²) in [7, 11) is 0. The largest absolute Gasteiger partial charge is 0.485 e. The van der Waals surface area contributed by atoms with E-state index in [0.717, 1.165) is 6.20 Å². The van der Waals surface area contributed by atoms with Gasteiger partial charge in [-0.25, -0.2) is 14.2 Å². The zero-order chi connectivity index (χ0) is 13.8. The Bertz CT molecular complexity index is 617. The van der Waals surface area contributed by atoms with Gasteiger partial charge in [0.25, 0.3) is 0 Å². The van der Waals surface area contributed by atoms with E-state index in [1.807, 2.05) is 0 Å². The third kappa shape index (κ3) is 2.98. The molecule has 0 saturated heterocycles. The highest BCUT2D eigenvalue weighted by Crippen LogP contribution is 2.21. The van der Waals surface area contributed by atoms with Gasteiger partial charge in [0.05, 0.1) is 5.56 Å². The number of anilines is 1. The summed E-state index contributed by atoms with van der Waals surface area (Å²) in [5.41, 5.74) is 5.87. The molecule has 1 aromatic carbocycles. The number of rotatable bonds is 4. The lowest BCUT2D eigenvalue weighted by molar-refractivity contribution is 0.0696. The van der Waals surface area contributed by atoms with Crippen LogP contribution in [0, 0.1) is 5.82 Å². The lowest BCUT2D eigenvalue weighted by atomic mass is 10.2. The van der Waals surface area contributed by atoms with Crippen LogP contribution in [0.1, 0.15) is 15.9 Å². The van der Waals surface area contributed by atoms with Crippen molar-refractivity contribution in [3.8, 4) is 5.75 Å².